The molecule has 0 atom stereocenters. The molecule has 0 radical (unpaired) electrons. The van der Waals surface area contributed by atoms with Crippen molar-refractivity contribution in [3.63, 3.8) is 0 Å². The van der Waals surface area contributed by atoms with Crippen LogP contribution < -0.4 is 0 Å². The molecule has 1 N–H and O–H groups in total. The highest BCUT2D eigenvalue weighted by molar-refractivity contribution is 5.84. The Labute approximate surface area is 99.9 Å². The van der Waals surface area contributed by atoms with Crippen molar-refractivity contribution in [3.8, 4) is 0 Å². The summed E-state index contributed by atoms with van der Waals surface area (Å²) < 4.78 is 19.0. The van der Waals surface area contributed by atoms with Crippen molar-refractivity contribution in [2.75, 3.05) is 0 Å². The van der Waals surface area contributed by atoms with Crippen molar-refractivity contribution >= 4 is 5.71 Å². The number of nitrogens with zero attached hydrogens (tertiary/aromatic N) is 1. The number of benzene rings is 1. The number of oxime groups is 1. The number of hydrogen-bond donors (Lipinski definition) is 1. The molecule has 1 aliphatic rings. The minimum atomic E-state index is -0.221. The van der Waals surface area contributed by atoms with Gasteiger partial charge in [-0.15, -0.1) is 0 Å². The van der Waals surface area contributed by atoms with E-state index in [-0.39, 0.29) is 11.9 Å². The lowest BCUT2D eigenvalue weighted by Gasteiger charge is -2.22. The molecule has 4 heteroatoms. The first-order valence-electron chi connectivity index (χ1n) is 5.84. The van der Waals surface area contributed by atoms with E-state index in [0.717, 1.165) is 31.4 Å². The van der Waals surface area contributed by atoms with Crippen LogP contribution in [0.5, 0.6) is 0 Å². The smallest absolute Gasteiger partial charge is 0.128 e. The molecule has 17 heavy (non-hydrogen) atoms. The fraction of sp³-hybridized carbons (Fsp3) is 0.462. The maximum atomic E-state index is 13.3. The van der Waals surface area contributed by atoms with Crippen LogP contribution >= 0.6 is 0 Å². The first-order valence-corrected chi connectivity index (χ1v) is 5.84. The minimum absolute atomic E-state index is 0.139. The van der Waals surface area contributed by atoms with Crippen LogP contribution in [-0.4, -0.2) is 17.0 Å². The Morgan fingerprint density at radius 2 is 2.00 bits per heavy atom. The van der Waals surface area contributed by atoms with E-state index in [1.807, 2.05) is 0 Å². The van der Waals surface area contributed by atoms with E-state index in [1.165, 1.54) is 6.07 Å². The summed E-state index contributed by atoms with van der Waals surface area (Å²) in [6, 6.07) is 6.65. The molecule has 0 amide bonds. The summed E-state index contributed by atoms with van der Waals surface area (Å²) >= 11 is 0. The van der Waals surface area contributed by atoms with Gasteiger partial charge in [-0.25, -0.2) is 4.39 Å². The summed E-state index contributed by atoms with van der Waals surface area (Å²) in [5, 5.41) is 11.8. The molecule has 0 saturated heterocycles. The third-order valence-corrected chi connectivity index (χ3v) is 3.08. The Morgan fingerprint density at radius 3 is 2.65 bits per heavy atom. The first-order chi connectivity index (χ1) is 8.29. The quantitative estimate of drug-likeness (QED) is 0.648. The Morgan fingerprint density at radius 1 is 1.29 bits per heavy atom. The molecule has 0 heterocycles. The van der Waals surface area contributed by atoms with Crippen LogP contribution in [0.4, 0.5) is 4.39 Å². The van der Waals surface area contributed by atoms with Crippen molar-refractivity contribution < 1.29 is 14.3 Å². The lowest BCUT2D eigenvalue weighted by molar-refractivity contribution is 0.0263. The lowest BCUT2D eigenvalue weighted by atomic mass is 9.96. The van der Waals surface area contributed by atoms with Gasteiger partial charge in [0, 0.05) is 5.56 Å². The third kappa shape index (κ3) is 3.27. The molecule has 0 spiro atoms. The fourth-order valence-corrected chi connectivity index (χ4v) is 2.01. The van der Waals surface area contributed by atoms with Crippen LogP contribution in [0.3, 0.4) is 0 Å². The van der Waals surface area contributed by atoms with Crippen LogP contribution in [0.2, 0.25) is 0 Å². The zero-order valence-corrected chi connectivity index (χ0v) is 9.60. The van der Waals surface area contributed by atoms with E-state index in [9.17, 15) is 4.39 Å². The zero-order valence-electron chi connectivity index (χ0n) is 9.60. The monoisotopic (exact) mass is 237 g/mol. The van der Waals surface area contributed by atoms with Gasteiger partial charge in [-0.05, 0) is 31.7 Å². The predicted molar refractivity (Wildman–Crippen MR) is 62.7 cm³/mol. The van der Waals surface area contributed by atoms with Gasteiger partial charge < -0.3 is 9.94 Å². The highest BCUT2D eigenvalue weighted by Crippen LogP contribution is 2.20. The van der Waals surface area contributed by atoms with E-state index in [2.05, 4.69) is 5.16 Å². The molecule has 0 aromatic heterocycles. The maximum Gasteiger partial charge on any atom is 0.128 e. The van der Waals surface area contributed by atoms with Gasteiger partial charge in [0.1, 0.15) is 5.82 Å². The van der Waals surface area contributed by atoms with Crippen molar-refractivity contribution in [1.29, 1.82) is 0 Å². The van der Waals surface area contributed by atoms with Gasteiger partial charge >= 0.3 is 0 Å². The summed E-state index contributed by atoms with van der Waals surface area (Å²) in [6.45, 7) is 0.308. The van der Waals surface area contributed by atoms with Crippen molar-refractivity contribution in [3.05, 3.63) is 35.6 Å². The number of halogens is 1. The number of rotatable bonds is 3. The number of ether oxygens (including phenoxy) is 1. The lowest BCUT2D eigenvalue weighted by Crippen LogP contribution is -2.21. The van der Waals surface area contributed by atoms with Gasteiger partial charge in [0.2, 0.25) is 0 Å². The fourth-order valence-electron chi connectivity index (χ4n) is 2.01. The van der Waals surface area contributed by atoms with Crippen LogP contribution in [-0.2, 0) is 11.3 Å². The van der Waals surface area contributed by atoms with Crippen LogP contribution in [0.25, 0.3) is 0 Å². The predicted octanol–water partition coefficient (Wildman–Crippen LogP) is 3.12. The van der Waals surface area contributed by atoms with Gasteiger partial charge in [0.05, 0.1) is 18.4 Å². The molecule has 0 unspecified atom stereocenters. The van der Waals surface area contributed by atoms with E-state index < -0.39 is 0 Å². The minimum Gasteiger partial charge on any atom is -0.411 e. The normalized spacial score (nSPS) is 20.3. The third-order valence-electron chi connectivity index (χ3n) is 3.08. The number of hydrogen-bond acceptors (Lipinski definition) is 3. The Bertz CT molecular complexity index is 396. The van der Waals surface area contributed by atoms with Gasteiger partial charge in [0.15, 0.2) is 0 Å². The molecule has 3 nitrogen and oxygen atoms in total. The molecule has 0 bridgehead atoms. The van der Waals surface area contributed by atoms with E-state index in [4.69, 9.17) is 9.94 Å². The molecule has 1 aromatic carbocycles. The average molecular weight is 237 g/mol. The Hall–Kier alpha value is -1.42. The van der Waals surface area contributed by atoms with Crippen LogP contribution in [0, 0.1) is 5.82 Å². The highest BCUT2D eigenvalue weighted by Gasteiger charge is 2.18. The molecule has 0 aliphatic heterocycles. The van der Waals surface area contributed by atoms with Gasteiger partial charge in [-0.2, -0.15) is 0 Å². The molecule has 1 aliphatic carbocycles. The Kier molecular flexibility index (Phi) is 4.09. The molecule has 92 valence electrons. The van der Waals surface area contributed by atoms with Gasteiger partial charge in [0.25, 0.3) is 0 Å². The molecular weight excluding hydrogens is 221 g/mol. The van der Waals surface area contributed by atoms with E-state index >= 15 is 0 Å². The molecule has 2 rings (SSSR count). The second kappa shape index (κ2) is 5.77. The summed E-state index contributed by atoms with van der Waals surface area (Å²) in [6.07, 6.45) is 3.35. The topological polar surface area (TPSA) is 41.8 Å². The van der Waals surface area contributed by atoms with E-state index in [1.54, 1.807) is 18.2 Å². The first kappa shape index (κ1) is 12.0. The van der Waals surface area contributed by atoms with Gasteiger partial charge in [-0.1, -0.05) is 23.4 Å². The summed E-state index contributed by atoms with van der Waals surface area (Å²) in [7, 11) is 0. The summed E-state index contributed by atoms with van der Waals surface area (Å²) in [5.41, 5.74) is 1.42. The standard InChI is InChI=1S/C13H16FNO2/c14-13-4-2-1-3-10(13)9-17-12-7-5-11(15-16)6-8-12/h1-4,12,16H,5-9H2. The van der Waals surface area contributed by atoms with Crippen LogP contribution in [0.15, 0.2) is 29.4 Å². The SMILES string of the molecule is ON=C1CCC(OCc2ccccc2F)CC1. The highest BCUT2D eigenvalue weighted by atomic mass is 19.1. The molecule has 1 saturated carbocycles. The second-order valence-corrected chi connectivity index (χ2v) is 4.27. The zero-order chi connectivity index (χ0) is 12.1. The second-order valence-electron chi connectivity index (χ2n) is 4.27. The molecular formula is C13H16FNO2. The average Bonchev–Trinajstić information content (AvgIpc) is 2.38. The molecule has 1 aromatic rings. The van der Waals surface area contributed by atoms with Crippen molar-refractivity contribution in [2.45, 2.75) is 38.4 Å². The van der Waals surface area contributed by atoms with Gasteiger partial charge in [-0.3, -0.25) is 0 Å². The van der Waals surface area contributed by atoms with Crippen molar-refractivity contribution in [1.82, 2.24) is 0 Å². The summed E-state index contributed by atoms with van der Waals surface area (Å²) in [5.74, 6) is -0.221. The molecule has 1 fully saturated rings. The Balaban J connectivity index is 1.82. The maximum absolute atomic E-state index is 13.3. The largest absolute Gasteiger partial charge is 0.411 e. The van der Waals surface area contributed by atoms with Crippen molar-refractivity contribution in [2.24, 2.45) is 5.16 Å². The van der Waals surface area contributed by atoms with Crippen LogP contribution in [0.1, 0.15) is 31.2 Å². The van der Waals surface area contributed by atoms with E-state index in [0.29, 0.717) is 12.2 Å². The summed E-state index contributed by atoms with van der Waals surface area (Å²) in [4.78, 5) is 0.